The summed E-state index contributed by atoms with van der Waals surface area (Å²) in [6, 6.07) is 8.48. The van der Waals surface area contributed by atoms with Gasteiger partial charge in [-0.2, -0.15) is 0 Å². The second-order valence-corrected chi connectivity index (χ2v) is 5.90. The van der Waals surface area contributed by atoms with E-state index in [2.05, 4.69) is 48.4 Å². The highest BCUT2D eigenvalue weighted by molar-refractivity contribution is 7.15. The summed E-state index contributed by atoms with van der Waals surface area (Å²) < 4.78 is 4.71. The van der Waals surface area contributed by atoms with Crippen molar-refractivity contribution in [3.05, 3.63) is 46.0 Å². The molecule has 0 aliphatic heterocycles. The van der Waals surface area contributed by atoms with E-state index in [0.29, 0.717) is 5.69 Å². The Hall–Kier alpha value is -1.88. The standard InChI is InChI=1S/C15H18N2O2S/c1-9-5-7-12(8-6-9)10(2)16-15-17-13(11(3)20-15)14(18)19-4/h5-8,10H,1-4H3,(H,16,17). The van der Waals surface area contributed by atoms with Gasteiger partial charge >= 0.3 is 5.97 Å². The summed E-state index contributed by atoms with van der Waals surface area (Å²) in [4.78, 5) is 16.7. The normalized spacial score (nSPS) is 12.0. The summed E-state index contributed by atoms with van der Waals surface area (Å²) in [5.41, 5.74) is 2.80. The summed E-state index contributed by atoms with van der Waals surface area (Å²) >= 11 is 1.46. The van der Waals surface area contributed by atoms with E-state index >= 15 is 0 Å². The SMILES string of the molecule is COC(=O)c1nc(NC(C)c2ccc(C)cc2)sc1C. The maximum absolute atomic E-state index is 11.5. The van der Waals surface area contributed by atoms with Gasteiger partial charge < -0.3 is 10.1 Å². The van der Waals surface area contributed by atoms with Crippen LogP contribution in [0.15, 0.2) is 24.3 Å². The lowest BCUT2D eigenvalue weighted by Crippen LogP contribution is -2.07. The Kier molecular flexibility index (Phi) is 4.39. The number of benzene rings is 1. The second kappa shape index (κ2) is 6.05. The molecule has 4 nitrogen and oxygen atoms in total. The molecule has 0 bridgehead atoms. The van der Waals surface area contributed by atoms with E-state index < -0.39 is 5.97 Å². The van der Waals surface area contributed by atoms with Crippen molar-refractivity contribution in [3.8, 4) is 0 Å². The maximum atomic E-state index is 11.5. The molecule has 1 aromatic heterocycles. The van der Waals surface area contributed by atoms with Gasteiger partial charge in [-0.3, -0.25) is 0 Å². The van der Waals surface area contributed by atoms with Gasteiger partial charge in [0.05, 0.1) is 13.2 Å². The monoisotopic (exact) mass is 290 g/mol. The first-order chi connectivity index (χ1) is 9.51. The molecule has 0 aliphatic carbocycles. The van der Waals surface area contributed by atoms with E-state index in [9.17, 15) is 4.79 Å². The Labute approximate surface area is 122 Å². The molecule has 106 valence electrons. The molecule has 1 atom stereocenters. The quantitative estimate of drug-likeness (QED) is 0.872. The first-order valence-electron chi connectivity index (χ1n) is 6.40. The van der Waals surface area contributed by atoms with Crippen LogP contribution in [0, 0.1) is 13.8 Å². The number of ether oxygens (including phenoxy) is 1. The number of thiazole rings is 1. The van der Waals surface area contributed by atoms with Gasteiger partial charge in [-0.15, -0.1) is 11.3 Å². The zero-order valence-electron chi connectivity index (χ0n) is 12.1. The van der Waals surface area contributed by atoms with Crippen molar-refractivity contribution in [2.24, 2.45) is 0 Å². The summed E-state index contributed by atoms with van der Waals surface area (Å²) in [7, 11) is 1.36. The van der Waals surface area contributed by atoms with Crippen molar-refractivity contribution in [2.75, 3.05) is 12.4 Å². The number of aryl methyl sites for hydroxylation is 2. The lowest BCUT2D eigenvalue weighted by atomic mass is 10.1. The van der Waals surface area contributed by atoms with Crippen molar-refractivity contribution in [1.29, 1.82) is 0 Å². The molecule has 1 N–H and O–H groups in total. The fourth-order valence-electron chi connectivity index (χ4n) is 1.87. The molecule has 1 unspecified atom stereocenters. The predicted octanol–water partition coefficient (Wildman–Crippen LogP) is 3.72. The van der Waals surface area contributed by atoms with Gasteiger partial charge in [0, 0.05) is 4.88 Å². The number of hydrogen-bond acceptors (Lipinski definition) is 5. The fraction of sp³-hybridized carbons (Fsp3) is 0.333. The first kappa shape index (κ1) is 14.5. The predicted molar refractivity (Wildman–Crippen MR) is 81.4 cm³/mol. The topological polar surface area (TPSA) is 51.2 Å². The molecule has 1 aromatic carbocycles. The molecule has 1 heterocycles. The summed E-state index contributed by atoms with van der Waals surface area (Å²) in [5, 5.41) is 4.05. The largest absolute Gasteiger partial charge is 0.464 e. The molecule has 2 aromatic rings. The van der Waals surface area contributed by atoms with Gasteiger partial charge in [0.1, 0.15) is 0 Å². The zero-order valence-corrected chi connectivity index (χ0v) is 12.9. The Bertz CT molecular complexity index is 605. The van der Waals surface area contributed by atoms with E-state index in [1.807, 2.05) is 6.92 Å². The summed E-state index contributed by atoms with van der Waals surface area (Å²) in [6.07, 6.45) is 0. The third-order valence-electron chi connectivity index (χ3n) is 3.09. The molecule has 0 saturated heterocycles. The van der Waals surface area contributed by atoms with Crippen LogP contribution < -0.4 is 5.32 Å². The van der Waals surface area contributed by atoms with Crippen LogP contribution in [-0.4, -0.2) is 18.1 Å². The van der Waals surface area contributed by atoms with Crippen LogP contribution in [0.4, 0.5) is 5.13 Å². The highest BCUT2D eigenvalue weighted by Crippen LogP contribution is 2.26. The average Bonchev–Trinajstić information content (AvgIpc) is 2.79. The van der Waals surface area contributed by atoms with Crippen LogP contribution in [0.2, 0.25) is 0 Å². The Morgan fingerprint density at radius 1 is 1.30 bits per heavy atom. The highest BCUT2D eigenvalue weighted by atomic mass is 32.1. The van der Waals surface area contributed by atoms with Crippen LogP contribution in [-0.2, 0) is 4.74 Å². The molecular weight excluding hydrogens is 272 g/mol. The van der Waals surface area contributed by atoms with Gasteiger partial charge in [-0.1, -0.05) is 29.8 Å². The van der Waals surface area contributed by atoms with E-state index in [-0.39, 0.29) is 6.04 Å². The third kappa shape index (κ3) is 3.17. The van der Waals surface area contributed by atoms with Crippen molar-refractivity contribution in [2.45, 2.75) is 26.8 Å². The Balaban J connectivity index is 2.13. The lowest BCUT2D eigenvalue weighted by molar-refractivity contribution is 0.0594. The van der Waals surface area contributed by atoms with Crippen molar-refractivity contribution in [1.82, 2.24) is 4.98 Å². The van der Waals surface area contributed by atoms with E-state index in [0.717, 1.165) is 10.0 Å². The number of rotatable bonds is 4. The average molecular weight is 290 g/mol. The number of esters is 1. The van der Waals surface area contributed by atoms with Crippen molar-refractivity contribution >= 4 is 22.4 Å². The molecule has 0 amide bonds. The van der Waals surface area contributed by atoms with Gasteiger partial charge in [0.2, 0.25) is 0 Å². The second-order valence-electron chi connectivity index (χ2n) is 4.69. The lowest BCUT2D eigenvalue weighted by Gasteiger charge is -2.13. The smallest absolute Gasteiger partial charge is 0.357 e. The maximum Gasteiger partial charge on any atom is 0.357 e. The number of nitrogens with zero attached hydrogens (tertiary/aromatic N) is 1. The summed E-state index contributed by atoms with van der Waals surface area (Å²) in [6.45, 7) is 6.00. The Morgan fingerprint density at radius 2 is 1.95 bits per heavy atom. The molecule has 0 radical (unpaired) electrons. The number of nitrogens with one attached hydrogen (secondary N) is 1. The fourth-order valence-corrected chi connectivity index (χ4v) is 2.76. The van der Waals surface area contributed by atoms with E-state index in [1.54, 1.807) is 0 Å². The van der Waals surface area contributed by atoms with Gasteiger partial charge in [-0.25, -0.2) is 9.78 Å². The minimum Gasteiger partial charge on any atom is -0.464 e. The highest BCUT2D eigenvalue weighted by Gasteiger charge is 2.17. The molecular formula is C15H18N2O2S. The number of aromatic nitrogens is 1. The van der Waals surface area contributed by atoms with Gasteiger partial charge in [0.15, 0.2) is 10.8 Å². The Morgan fingerprint density at radius 3 is 2.55 bits per heavy atom. The number of hydrogen-bond donors (Lipinski definition) is 1. The van der Waals surface area contributed by atoms with Gasteiger partial charge in [0.25, 0.3) is 0 Å². The third-order valence-corrected chi connectivity index (χ3v) is 3.99. The molecule has 20 heavy (non-hydrogen) atoms. The van der Waals surface area contributed by atoms with Crippen molar-refractivity contribution < 1.29 is 9.53 Å². The van der Waals surface area contributed by atoms with Crippen molar-refractivity contribution in [3.63, 3.8) is 0 Å². The molecule has 0 saturated carbocycles. The molecule has 0 fully saturated rings. The van der Waals surface area contributed by atoms with E-state index in [1.165, 1.54) is 29.6 Å². The number of methoxy groups -OCH3 is 1. The zero-order chi connectivity index (χ0) is 14.7. The van der Waals surface area contributed by atoms with Gasteiger partial charge in [-0.05, 0) is 26.3 Å². The minimum atomic E-state index is -0.394. The van der Waals surface area contributed by atoms with Crippen LogP contribution >= 0.6 is 11.3 Å². The van der Waals surface area contributed by atoms with Crippen LogP contribution in [0.5, 0.6) is 0 Å². The number of carbonyl (C=O) groups excluding carboxylic acids is 1. The van der Waals surface area contributed by atoms with Crippen LogP contribution in [0.3, 0.4) is 0 Å². The molecule has 2 rings (SSSR count). The van der Waals surface area contributed by atoms with Crippen LogP contribution in [0.25, 0.3) is 0 Å². The van der Waals surface area contributed by atoms with Crippen LogP contribution in [0.1, 0.15) is 39.5 Å². The minimum absolute atomic E-state index is 0.131. The molecule has 0 spiro atoms. The molecule has 0 aliphatic rings. The van der Waals surface area contributed by atoms with E-state index in [4.69, 9.17) is 4.74 Å². The first-order valence-corrected chi connectivity index (χ1v) is 7.21. The molecule has 5 heteroatoms. The number of carbonyl (C=O) groups is 1. The summed E-state index contributed by atoms with van der Waals surface area (Å²) in [5.74, 6) is -0.394. The number of anilines is 1.